The van der Waals surface area contributed by atoms with Gasteiger partial charge in [0.2, 0.25) is 0 Å². The number of hydrogen-bond donors (Lipinski definition) is 1. The molecule has 1 aromatic rings. The molecule has 0 spiro atoms. The van der Waals surface area contributed by atoms with E-state index >= 15 is 0 Å². The van der Waals surface area contributed by atoms with E-state index in [9.17, 15) is 22.8 Å². The first-order valence-electron chi connectivity index (χ1n) is 8.23. The van der Waals surface area contributed by atoms with E-state index in [4.69, 9.17) is 0 Å². The zero-order valence-electron chi connectivity index (χ0n) is 14.9. The summed E-state index contributed by atoms with van der Waals surface area (Å²) in [5.41, 5.74) is 0.419. The van der Waals surface area contributed by atoms with Crippen LogP contribution in [0.15, 0.2) is 18.3 Å². The van der Waals surface area contributed by atoms with Crippen molar-refractivity contribution in [2.75, 3.05) is 33.8 Å². The van der Waals surface area contributed by atoms with Gasteiger partial charge in [-0.2, -0.15) is 13.2 Å². The van der Waals surface area contributed by atoms with Gasteiger partial charge < -0.3 is 15.0 Å². The number of rotatable bonds is 11. The lowest BCUT2D eigenvalue weighted by Gasteiger charge is -2.09. The van der Waals surface area contributed by atoms with Gasteiger partial charge in [0.25, 0.3) is 0 Å². The fourth-order valence-electron chi connectivity index (χ4n) is 2.10. The minimum Gasteiger partial charge on any atom is -0.452 e. The number of aromatic nitrogens is 1. The van der Waals surface area contributed by atoms with E-state index in [0.29, 0.717) is 12.1 Å². The fraction of sp³-hybridized carbons (Fsp3) is 0.588. The van der Waals surface area contributed by atoms with Crippen LogP contribution in [0.3, 0.4) is 0 Å². The van der Waals surface area contributed by atoms with E-state index in [1.165, 1.54) is 18.3 Å². The van der Waals surface area contributed by atoms with Crippen molar-refractivity contribution in [3.8, 4) is 0 Å². The smallest absolute Gasteiger partial charge is 0.422 e. The number of carbonyl (C=O) groups is 2. The number of carbonyl (C=O) groups excluding carboxylic acids is 2. The van der Waals surface area contributed by atoms with Crippen molar-refractivity contribution in [3.63, 3.8) is 0 Å². The Bertz CT molecular complexity index is 592. The summed E-state index contributed by atoms with van der Waals surface area (Å²) in [5, 5.41) is 2.92. The number of Topliss-reactive ketones (excluding diaryl/α,β-unsaturated/α-hetero) is 1. The molecular weight excluding hydrogens is 351 g/mol. The predicted molar refractivity (Wildman–Crippen MR) is 89.7 cm³/mol. The quantitative estimate of drug-likeness (QED) is 0.472. The van der Waals surface area contributed by atoms with Crippen LogP contribution in [0, 0.1) is 0 Å². The third-order valence-corrected chi connectivity index (χ3v) is 3.36. The molecule has 9 heteroatoms. The van der Waals surface area contributed by atoms with Crippen LogP contribution in [0.25, 0.3) is 0 Å². The van der Waals surface area contributed by atoms with E-state index in [1.54, 1.807) is 0 Å². The third-order valence-electron chi connectivity index (χ3n) is 3.36. The molecule has 0 fully saturated rings. The molecule has 0 amide bonds. The Labute approximate surface area is 150 Å². The monoisotopic (exact) mass is 375 g/mol. The summed E-state index contributed by atoms with van der Waals surface area (Å²) in [6, 6.07) is 2.62. The Balaban J connectivity index is 2.35. The lowest BCUT2D eigenvalue weighted by Crippen LogP contribution is -2.23. The van der Waals surface area contributed by atoms with E-state index < -0.39 is 18.8 Å². The number of halogens is 3. The first kappa shape index (κ1) is 22.0. The normalized spacial score (nSPS) is 11.6. The third kappa shape index (κ3) is 10.1. The Morgan fingerprint density at radius 3 is 2.65 bits per heavy atom. The standard InChI is InChI=1S/C17H24F3N3O3/c1-23(2)8-4-3-5-15(24)11-21-10-14-9-13(6-7-22-14)16(25)26-12-17(18,19)20/h6-7,9,21H,3-5,8,10-12H2,1-2H3. The zero-order chi connectivity index (χ0) is 19.6. The molecular formula is C17H24F3N3O3. The summed E-state index contributed by atoms with van der Waals surface area (Å²) >= 11 is 0. The van der Waals surface area contributed by atoms with Gasteiger partial charge in [-0.05, 0) is 45.6 Å². The molecule has 0 unspecified atom stereocenters. The average Bonchev–Trinajstić information content (AvgIpc) is 2.56. The van der Waals surface area contributed by atoms with Crippen LogP contribution in [0.5, 0.6) is 0 Å². The molecule has 0 radical (unpaired) electrons. The first-order valence-corrected chi connectivity index (χ1v) is 8.23. The van der Waals surface area contributed by atoms with Crippen LogP contribution in [-0.4, -0.2) is 61.6 Å². The van der Waals surface area contributed by atoms with Crippen molar-refractivity contribution in [1.82, 2.24) is 15.2 Å². The number of hydrogen-bond acceptors (Lipinski definition) is 6. The van der Waals surface area contributed by atoms with Crippen LogP contribution in [0.2, 0.25) is 0 Å². The largest absolute Gasteiger partial charge is 0.452 e. The van der Waals surface area contributed by atoms with Crippen LogP contribution < -0.4 is 5.32 Å². The van der Waals surface area contributed by atoms with Crippen LogP contribution in [0.1, 0.15) is 35.3 Å². The summed E-state index contributed by atoms with van der Waals surface area (Å²) in [4.78, 5) is 29.4. The number of ketones is 1. The Kier molecular flexibility index (Phi) is 9.22. The predicted octanol–water partition coefficient (Wildman–Crippen LogP) is 2.19. The van der Waals surface area contributed by atoms with Gasteiger partial charge >= 0.3 is 12.1 Å². The highest BCUT2D eigenvalue weighted by atomic mass is 19.4. The zero-order valence-corrected chi connectivity index (χ0v) is 14.9. The van der Waals surface area contributed by atoms with Crippen molar-refractivity contribution in [2.24, 2.45) is 0 Å². The van der Waals surface area contributed by atoms with Gasteiger partial charge in [0, 0.05) is 19.2 Å². The Morgan fingerprint density at radius 2 is 2.00 bits per heavy atom. The van der Waals surface area contributed by atoms with Gasteiger partial charge in [0.1, 0.15) is 5.78 Å². The second-order valence-corrected chi connectivity index (χ2v) is 6.13. The van der Waals surface area contributed by atoms with Gasteiger partial charge in [0.05, 0.1) is 17.8 Å². The molecule has 26 heavy (non-hydrogen) atoms. The van der Waals surface area contributed by atoms with Crippen molar-refractivity contribution < 1.29 is 27.5 Å². The van der Waals surface area contributed by atoms with Gasteiger partial charge in [-0.25, -0.2) is 4.79 Å². The molecule has 0 atom stereocenters. The molecule has 146 valence electrons. The molecule has 0 aliphatic carbocycles. The average molecular weight is 375 g/mol. The number of nitrogens with one attached hydrogen (secondary N) is 1. The molecule has 1 aromatic heterocycles. The molecule has 6 nitrogen and oxygen atoms in total. The number of unbranched alkanes of at least 4 members (excludes halogenated alkanes) is 1. The number of alkyl halides is 3. The lowest BCUT2D eigenvalue weighted by atomic mass is 10.1. The van der Waals surface area contributed by atoms with Crippen molar-refractivity contribution in [3.05, 3.63) is 29.6 Å². The van der Waals surface area contributed by atoms with Crippen molar-refractivity contribution in [2.45, 2.75) is 32.0 Å². The second-order valence-electron chi connectivity index (χ2n) is 6.13. The van der Waals surface area contributed by atoms with Crippen molar-refractivity contribution >= 4 is 11.8 Å². The molecule has 1 N–H and O–H groups in total. The van der Waals surface area contributed by atoms with Crippen molar-refractivity contribution in [1.29, 1.82) is 0 Å². The van der Waals surface area contributed by atoms with Gasteiger partial charge in [-0.15, -0.1) is 0 Å². The lowest BCUT2D eigenvalue weighted by molar-refractivity contribution is -0.161. The highest BCUT2D eigenvalue weighted by Gasteiger charge is 2.29. The molecule has 0 bridgehead atoms. The van der Waals surface area contributed by atoms with E-state index in [-0.39, 0.29) is 24.4 Å². The summed E-state index contributed by atoms with van der Waals surface area (Å²) < 4.78 is 40.4. The number of pyridine rings is 1. The topological polar surface area (TPSA) is 71.5 Å². The maximum atomic E-state index is 12.1. The summed E-state index contributed by atoms with van der Waals surface area (Å²) in [5.74, 6) is -0.993. The van der Waals surface area contributed by atoms with Gasteiger partial charge in [-0.3, -0.25) is 9.78 Å². The minimum atomic E-state index is -4.57. The maximum Gasteiger partial charge on any atom is 0.422 e. The highest BCUT2D eigenvalue weighted by molar-refractivity contribution is 5.89. The Hall–Kier alpha value is -2.00. The summed E-state index contributed by atoms with van der Waals surface area (Å²) in [6.45, 7) is -0.303. The number of ether oxygens (including phenoxy) is 1. The SMILES string of the molecule is CN(C)CCCCC(=O)CNCc1cc(C(=O)OCC(F)(F)F)ccn1. The highest BCUT2D eigenvalue weighted by Crippen LogP contribution is 2.15. The second kappa shape index (κ2) is 10.9. The number of esters is 1. The molecule has 1 rings (SSSR count). The van der Waals surface area contributed by atoms with E-state index in [2.05, 4.69) is 19.9 Å². The molecule has 0 saturated carbocycles. The van der Waals surface area contributed by atoms with Crippen LogP contribution in [-0.2, 0) is 16.1 Å². The van der Waals surface area contributed by atoms with Gasteiger partial charge in [-0.1, -0.05) is 0 Å². The van der Waals surface area contributed by atoms with Gasteiger partial charge in [0.15, 0.2) is 6.61 Å². The van der Waals surface area contributed by atoms with E-state index in [0.717, 1.165) is 19.4 Å². The first-order chi connectivity index (χ1) is 12.2. The maximum absolute atomic E-state index is 12.1. The summed E-state index contributed by atoms with van der Waals surface area (Å²) in [7, 11) is 3.95. The molecule has 0 aliphatic rings. The molecule has 1 heterocycles. The van der Waals surface area contributed by atoms with Crippen LogP contribution >= 0.6 is 0 Å². The van der Waals surface area contributed by atoms with E-state index in [1.807, 2.05) is 14.1 Å². The minimum absolute atomic E-state index is 0.0175. The number of nitrogens with zero attached hydrogens (tertiary/aromatic N) is 2. The Morgan fingerprint density at radius 1 is 1.27 bits per heavy atom. The summed E-state index contributed by atoms with van der Waals surface area (Å²) in [6.07, 6.45) is -1.01. The molecule has 0 aromatic carbocycles. The molecule has 0 saturated heterocycles. The van der Waals surface area contributed by atoms with Crippen LogP contribution in [0.4, 0.5) is 13.2 Å². The molecule has 0 aliphatic heterocycles. The fourth-order valence-corrected chi connectivity index (χ4v) is 2.10.